The molecule has 2 rings (SSSR count). The van der Waals surface area contributed by atoms with E-state index in [1.165, 1.54) is 25.7 Å². The highest BCUT2D eigenvalue weighted by Gasteiger charge is 2.42. The van der Waals surface area contributed by atoms with Gasteiger partial charge in [0.2, 0.25) is 0 Å². The van der Waals surface area contributed by atoms with Crippen LogP contribution in [-0.4, -0.2) is 18.0 Å². The molecule has 1 aliphatic heterocycles. The molecule has 1 aliphatic carbocycles. The van der Waals surface area contributed by atoms with E-state index in [1.807, 2.05) is 0 Å². The monoisotopic (exact) mass is 238 g/mol. The van der Waals surface area contributed by atoms with Crippen LogP contribution in [0.1, 0.15) is 59.3 Å². The Morgan fingerprint density at radius 1 is 1.24 bits per heavy atom. The summed E-state index contributed by atoms with van der Waals surface area (Å²) in [5.41, 5.74) is 0.0786. The highest BCUT2D eigenvalue weighted by Crippen LogP contribution is 2.43. The maximum Gasteiger partial charge on any atom is 0.139 e. The zero-order valence-corrected chi connectivity index (χ0v) is 11.5. The fourth-order valence-electron chi connectivity index (χ4n) is 3.34. The fraction of sp³-hybridized carbons (Fsp3) is 0.933. The predicted octanol–water partition coefficient (Wildman–Crippen LogP) is 3.59. The number of hydrogen-bond donors (Lipinski definition) is 0. The Morgan fingerprint density at radius 3 is 2.47 bits per heavy atom. The van der Waals surface area contributed by atoms with Crippen molar-refractivity contribution in [1.82, 2.24) is 0 Å². The Morgan fingerprint density at radius 2 is 1.88 bits per heavy atom. The molecular formula is C15H26O2. The van der Waals surface area contributed by atoms with Gasteiger partial charge in [-0.2, -0.15) is 0 Å². The summed E-state index contributed by atoms with van der Waals surface area (Å²) in [6.07, 6.45) is 6.83. The molecule has 1 spiro atoms. The van der Waals surface area contributed by atoms with E-state index in [2.05, 4.69) is 20.8 Å². The quantitative estimate of drug-likeness (QED) is 0.751. The first-order valence-electron chi connectivity index (χ1n) is 7.22. The van der Waals surface area contributed by atoms with Crippen LogP contribution in [0.4, 0.5) is 0 Å². The summed E-state index contributed by atoms with van der Waals surface area (Å²) in [5, 5.41) is 0. The minimum atomic E-state index is 0.0786. The molecule has 0 N–H and O–H groups in total. The van der Waals surface area contributed by atoms with E-state index in [9.17, 15) is 4.79 Å². The largest absolute Gasteiger partial charge is 0.375 e. The van der Waals surface area contributed by atoms with Crippen LogP contribution < -0.4 is 0 Å². The Hall–Kier alpha value is -0.370. The lowest BCUT2D eigenvalue weighted by molar-refractivity contribution is -0.140. The van der Waals surface area contributed by atoms with Gasteiger partial charge in [-0.15, -0.1) is 0 Å². The minimum absolute atomic E-state index is 0.0786. The lowest BCUT2D eigenvalue weighted by atomic mass is 9.77. The maximum absolute atomic E-state index is 12.4. The molecule has 1 heterocycles. The second kappa shape index (κ2) is 5.09. The van der Waals surface area contributed by atoms with Gasteiger partial charge in [0.05, 0.1) is 5.60 Å². The Bertz CT molecular complexity index is 277. The van der Waals surface area contributed by atoms with Crippen molar-refractivity contribution in [3.05, 3.63) is 0 Å². The minimum Gasteiger partial charge on any atom is -0.375 e. The summed E-state index contributed by atoms with van der Waals surface area (Å²) >= 11 is 0. The molecule has 2 aliphatic rings. The van der Waals surface area contributed by atoms with E-state index in [1.54, 1.807) is 0 Å². The normalized spacial score (nSPS) is 29.8. The van der Waals surface area contributed by atoms with Gasteiger partial charge in [-0.3, -0.25) is 4.79 Å². The van der Waals surface area contributed by atoms with Gasteiger partial charge in [0.25, 0.3) is 0 Å². The van der Waals surface area contributed by atoms with Crippen molar-refractivity contribution in [1.29, 1.82) is 0 Å². The van der Waals surface area contributed by atoms with Crippen molar-refractivity contribution in [2.24, 2.45) is 17.8 Å². The van der Waals surface area contributed by atoms with Crippen molar-refractivity contribution in [3.8, 4) is 0 Å². The third kappa shape index (κ3) is 2.73. The SMILES string of the molecule is CC(C)C(C)C(=O)C1CCOC2(CCCC2)C1. The number of carbonyl (C=O) groups excluding carboxylic acids is 1. The molecule has 0 aromatic carbocycles. The molecule has 2 atom stereocenters. The van der Waals surface area contributed by atoms with E-state index >= 15 is 0 Å². The summed E-state index contributed by atoms with van der Waals surface area (Å²) < 4.78 is 5.99. The molecule has 0 bridgehead atoms. The topological polar surface area (TPSA) is 26.3 Å². The van der Waals surface area contributed by atoms with E-state index in [0.717, 1.165) is 19.4 Å². The highest BCUT2D eigenvalue weighted by molar-refractivity contribution is 5.83. The average Bonchev–Trinajstić information content (AvgIpc) is 2.75. The van der Waals surface area contributed by atoms with Gasteiger partial charge in [0.1, 0.15) is 5.78 Å². The maximum atomic E-state index is 12.4. The number of rotatable bonds is 3. The van der Waals surface area contributed by atoms with Crippen molar-refractivity contribution < 1.29 is 9.53 Å². The molecule has 0 aromatic rings. The molecule has 1 saturated heterocycles. The summed E-state index contributed by atoms with van der Waals surface area (Å²) in [6, 6.07) is 0. The standard InChI is InChI=1S/C15H26O2/c1-11(2)12(3)14(16)13-6-9-17-15(10-13)7-4-5-8-15/h11-13H,4-10H2,1-3H3. The molecule has 0 radical (unpaired) electrons. The number of ketones is 1. The van der Waals surface area contributed by atoms with Gasteiger partial charge in [-0.1, -0.05) is 33.6 Å². The first-order valence-corrected chi connectivity index (χ1v) is 7.22. The zero-order chi connectivity index (χ0) is 12.5. The molecule has 2 unspecified atom stereocenters. The second-order valence-electron chi connectivity index (χ2n) is 6.36. The lowest BCUT2D eigenvalue weighted by Gasteiger charge is -2.38. The van der Waals surface area contributed by atoms with Gasteiger partial charge in [0.15, 0.2) is 0 Å². The van der Waals surface area contributed by atoms with Crippen molar-refractivity contribution >= 4 is 5.78 Å². The van der Waals surface area contributed by atoms with Gasteiger partial charge in [0, 0.05) is 18.4 Å². The number of Topliss-reactive ketones (excluding diaryl/α,β-unsaturated/α-hetero) is 1. The third-order valence-electron chi connectivity index (χ3n) is 4.86. The average molecular weight is 238 g/mol. The van der Waals surface area contributed by atoms with E-state index in [-0.39, 0.29) is 17.4 Å². The molecule has 17 heavy (non-hydrogen) atoms. The van der Waals surface area contributed by atoms with E-state index < -0.39 is 0 Å². The van der Waals surface area contributed by atoms with Crippen LogP contribution >= 0.6 is 0 Å². The smallest absolute Gasteiger partial charge is 0.139 e. The molecule has 0 amide bonds. The molecular weight excluding hydrogens is 212 g/mol. The molecule has 2 nitrogen and oxygen atoms in total. The predicted molar refractivity (Wildman–Crippen MR) is 68.9 cm³/mol. The van der Waals surface area contributed by atoms with Crippen LogP contribution in [0.5, 0.6) is 0 Å². The van der Waals surface area contributed by atoms with Crippen LogP contribution in [-0.2, 0) is 9.53 Å². The van der Waals surface area contributed by atoms with E-state index in [4.69, 9.17) is 4.74 Å². The summed E-state index contributed by atoms with van der Waals surface area (Å²) in [6.45, 7) is 7.17. The van der Waals surface area contributed by atoms with Gasteiger partial charge >= 0.3 is 0 Å². The van der Waals surface area contributed by atoms with Crippen LogP contribution in [0.25, 0.3) is 0 Å². The first-order chi connectivity index (χ1) is 8.04. The van der Waals surface area contributed by atoms with E-state index in [0.29, 0.717) is 11.7 Å². The van der Waals surface area contributed by atoms with Crippen LogP contribution in [0.2, 0.25) is 0 Å². The molecule has 2 fully saturated rings. The van der Waals surface area contributed by atoms with Gasteiger partial charge in [-0.25, -0.2) is 0 Å². The molecule has 0 aromatic heterocycles. The lowest BCUT2D eigenvalue weighted by Crippen LogP contribution is -2.41. The van der Waals surface area contributed by atoms with Crippen LogP contribution in [0, 0.1) is 17.8 Å². The van der Waals surface area contributed by atoms with Crippen molar-refractivity contribution in [2.75, 3.05) is 6.61 Å². The fourth-order valence-corrected chi connectivity index (χ4v) is 3.34. The highest BCUT2D eigenvalue weighted by atomic mass is 16.5. The zero-order valence-electron chi connectivity index (χ0n) is 11.5. The summed E-state index contributed by atoms with van der Waals surface area (Å²) in [4.78, 5) is 12.4. The number of ether oxygens (including phenoxy) is 1. The molecule has 1 saturated carbocycles. The van der Waals surface area contributed by atoms with Gasteiger partial charge in [-0.05, 0) is 31.6 Å². The Balaban J connectivity index is 1.99. The first kappa shape index (κ1) is 13.1. The summed E-state index contributed by atoms with van der Waals surface area (Å²) in [7, 11) is 0. The Labute approximate surface area is 105 Å². The number of carbonyl (C=O) groups is 1. The van der Waals surface area contributed by atoms with Gasteiger partial charge < -0.3 is 4.74 Å². The van der Waals surface area contributed by atoms with Crippen LogP contribution in [0.15, 0.2) is 0 Å². The third-order valence-corrected chi connectivity index (χ3v) is 4.86. The van der Waals surface area contributed by atoms with Crippen molar-refractivity contribution in [2.45, 2.75) is 64.9 Å². The molecule has 2 heteroatoms. The molecule has 98 valence electrons. The number of hydrogen-bond acceptors (Lipinski definition) is 2. The van der Waals surface area contributed by atoms with Crippen molar-refractivity contribution in [3.63, 3.8) is 0 Å². The summed E-state index contributed by atoms with van der Waals surface area (Å²) in [5.74, 6) is 1.41. The van der Waals surface area contributed by atoms with Crippen LogP contribution in [0.3, 0.4) is 0 Å². The Kier molecular flexibility index (Phi) is 3.92. The second-order valence-corrected chi connectivity index (χ2v) is 6.36.